The van der Waals surface area contributed by atoms with Gasteiger partial charge in [-0.2, -0.15) is 0 Å². The van der Waals surface area contributed by atoms with E-state index in [-0.39, 0.29) is 11.5 Å². The number of imidazole rings is 1. The predicted octanol–water partition coefficient (Wildman–Crippen LogP) is 1.57. The molecule has 0 aromatic carbocycles. The lowest BCUT2D eigenvalue weighted by molar-refractivity contribution is 0.0690. The fraction of sp³-hybridized carbons (Fsp3) is 0. The van der Waals surface area contributed by atoms with Crippen molar-refractivity contribution in [2.24, 2.45) is 0 Å². The van der Waals surface area contributed by atoms with Crippen LogP contribution < -0.4 is 5.32 Å². The van der Waals surface area contributed by atoms with Gasteiger partial charge in [-0.05, 0) is 12.1 Å². The largest absolute Gasteiger partial charge is 0.476 e. The first kappa shape index (κ1) is 11.1. The number of carbonyl (C=O) groups is 1. The zero-order valence-electron chi connectivity index (χ0n) is 9.69. The first-order valence-electron chi connectivity index (χ1n) is 5.48. The highest BCUT2D eigenvalue weighted by Gasteiger charge is 2.18. The Labute approximate surface area is 107 Å². The molecule has 0 aliphatic rings. The number of aromatic nitrogens is 4. The molecule has 0 unspecified atom stereocenters. The quantitative estimate of drug-likeness (QED) is 0.738. The summed E-state index contributed by atoms with van der Waals surface area (Å²) in [6.07, 6.45) is 6.14. The number of anilines is 2. The van der Waals surface area contributed by atoms with Crippen molar-refractivity contribution in [1.82, 2.24) is 19.4 Å². The van der Waals surface area contributed by atoms with Crippen LogP contribution in [0.2, 0.25) is 0 Å². The molecule has 19 heavy (non-hydrogen) atoms. The van der Waals surface area contributed by atoms with Crippen molar-refractivity contribution in [2.75, 3.05) is 5.32 Å². The second-order valence-electron chi connectivity index (χ2n) is 3.80. The van der Waals surface area contributed by atoms with Gasteiger partial charge in [-0.3, -0.25) is 4.40 Å². The van der Waals surface area contributed by atoms with Crippen LogP contribution in [-0.4, -0.2) is 30.4 Å². The summed E-state index contributed by atoms with van der Waals surface area (Å²) < 4.78 is 1.51. The molecule has 0 amide bonds. The van der Waals surface area contributed by atoms with Crippen LogP contribution >= 0.6 is 0 Å². The van der Waals surface area contributed by atoms with E-state index in [0.29, 0.717) is 11.3 Å². The Morgan fingerprint density at radius 3 is 2.79 bits per heavy atom. The van der Waals surface area contributed by atoms with Gasteiger partial charge in [0.2, 0.25) is 0 Å². The number of carboxylic acid groups (broad SMARTS) is 1. The van der Waals surface area contributed by atoms with Gasteiger partial charge in [0.1, 0.15) is 12.0 Å². The van der Waals surface area contributed by atoms with E-state index in [9.17, 15) is 9.90 Å². The summed E-state index contributed by atoms with van der Waals surface area (Å²) in [4.78, 5) is 23.3. The topological polar surface area (TPSA) is 92.4 Å². The fourth-order valence-corrected chi connectivity index (χ4v) is 1.79. The molecule has 0 radical (unpaired) electrons. The molecule has 0 aliphatic carbocycles. The molecule has 0 aliphatic heterocycles. The smallest absolute Gasteiger partial charge is 0.356 e. The van der Waals surface area contributed by atoms with Gasteiger partial charge in [-0.25, -0.2) is 19.7 Å². The van der Waals surface area contributed by atoms with Crippen LogP contribution in [0.3, 0.4) is 0 Å². The van der Waals surface area contributed by atoms with Crippen molar-refractivity contribution in [1.29, 1.82) is 0 Å². The number of nitrogens with zero attached hydrogens (tertiary/aromatic N) is 4. The molecule has 7 nitrogen and oxygen atoms in total. The third-order valence-corrected chi connectivity index (χ3v) is 2.56. The number of aromatic carboxylic acids is 1. The first-order valence-corrected chi connectivity index (χ1v) is 5.48. The van der Waals surface area contributed by atoms with Crippen LogP contribution in [0.1, 0.15) is 10.5 Å². The maximum absolute atomic E-state index is 11.4. The lowest BCUT2D eigenvalue weighted by atomic mass is 10.4. The summed E-state index contributed by atoms with van der Waals surface area (Å²) in [5.41, 5.74) is 1.20. The second-order valence-corrected chi connectivity index (χ2v) is 3.80. The third-order valence-electron chi connectivity index (χ3n) is 2.56. The van der Waals surface area contributed by atoms with E-state index < -0.39 is 5.97 Å². The van der Waals surface area contributed by atoms with Gasteiger partial charge in [0.25, 0.3) is 0 Å². The van der Waals surface area contributed by atoms with Crippen molar-refractivity contribution in [3.8, 4) is 0 Å². The SMILES string of the molecule is O=C(O)c1c(Nc2cncnc2)nc2ccccn12. The summed E-state index contributed by atoms with van der Waals surface area (Å²) in [5, 5.41) is 12.2. The monoisotopic (exact) mass is 255 g/mol. The van der Waals surface area contributed by atoms with Crippen LogP contribution in [0.5, 0.6) is 0 Å². The first-order chi connectivity index (χ1) is 9.25. The predicted molar refractivity (Wildman–Crippen MR) is 67.5 cm³/mol. The normalized spacial score (nSPS) is 10.5. The number of hydrogen-bond donors (Lipinski definition) is 2. The van der Waals surface area contributed by atoms with E-state index in [1.54, 1.807) is 36.8 Å². The zero-order chi connectivity index (χ0) is 13.2. The van der Waals surface area contributed by atoms with E-state index in [2.05, 4.69) is 20.3 Å². The highest BCUT2D eigenvalue weighted by Crippen LogP contribution is 2.21. The van der Waals surface area contributed by atoms with E-state index in [1.807, 2.05) is 0 Å². The molecule has 0 saturated heterocycles. The standard InChI is InChI=1S/C12H9N5O2/c18-12(19)10-11(15-8-5-13-7-14-6-8)16-9-3-1-2-4-17(9)10/h1-7,15H,(H,18,19). The van der Waals surface area contributed by atoms with Gasteiger partial charge >= 0.3 is 5.97 Å². The van der Waals surface area contributed by atoms with Gasteiger partial charge in [0, 0.05) is 6.20 Å². The van der Waals surface area contributed by atoms with Crippen LogP contribution in [0.25, 0.3) is 5.65 Å². The fourth-order valence-electron chi connectivity index (χ4n) is 1.79. The maximum Gasteiger partial charge on any atom is 0.356 e. The van der Waals surface area contributed by atoms with Gasteiger partial charge in [-0.15, -0.1) is 0 Å². The highest BCUT2D eigenvalue weighted by molar-refractivity contribution is 5.93. The number of hydrogen-bond acceptors (Lipinski definition) is 5. The number of fused-ring (bicyclic) bond motifs is 1. The average molecular weight is 255 g/mol. The molecule has 0 atom stereocenters. The third kappa shape index (κ3) is 1.97. The molecule has 94 valence electrons. The minimum atomic E-state index is -1.06. The second kappa shape index (κ2) is 4.37. The molecule has 3 aromatic rings. The van der Waals surface area contributed by atoms with Crippen LogP contribution in [0, 0.1) is 0 Å². The van der Waals surface area contributed by atoms with Crippen molar-refractivity contribution in [3.05, 3.63) is 48.8 Å². The lowest BCUT2D eigenvalue weighted by Gasteiger charge is -2.02. The summed E-state index contributed by atoms with van der Waals surface area (Å²) in [6, 6.07) is 5.28. The maximum atomic E-state index is 11.4. The Kier molecular flexibility index (Phi) is 2.57. The summed E-state index contributed by atoms with van der Waals surface area (Å²) >= 11 is 0. The number of rotatable bonds is 3. The molecular weight excluding hydrogens is 246 g/mol. The summed E-state index contributed by atoms with van der Waals surface area (Å²) in [6.45, 7) is 0. The minimum absolute atomic E-state index is 0.0689. The van der Waals surface area contributed by atoms with Gasteiger partial charge in [0.05, 0.1) is 18.1 Å². The lowest BCUT2D eigenvalue weighted by Crippen LogP contribution is -2.05. The minimum Gasteiger partial charge on any atom is -0.476 e. The number of nitrogens with one attached hydrogen (secondary N) is 1. The molecule has 3 rings (SSSR count). The molecule has 3 heterocycles. The van der Waals surface area contributed by atoms with Crippen LogP contribution in [0.15, 0.2) is 43.1 Å². The number of pyridine rings is 1. The van der Waals surface area contributed by atoms with Crippen molar-refractivity contribution in [2.45, 2.75) is 0 Å². The number of carboxylic acids is 1. The van der Waals surface area contributed by atoms with Crippen LogP contribution in [0.4, 0.5) is 11.5 Å². The van der Waals surface area contributed by atoms with Gasteiger partial charge in [-0.1, -0.05) is 6.07 Å². The molecule has 3 aromatic heterocycles. The molecular formula is C12H9N5O2. The Morgan fingerprint density at radius 2 is 2.05 bits per heavy atom. The molecule has 0 saturated carbocycles. The van der Waals surface area contributed by atoms with Crippen molar-refractivity contribution >= 4 is 23.1 Å². The Bertz CT molecular complexity index is 738. The Balaban J connectivity index is 2.13. The summed E-state index contributed by atoms with van der Waals surface area (Å²) in [7, 11) is 0. The molecule has 7 heteroatoms. The average Bonchev–Trinajstić information content (AvgIpc) is 2.77. The van der Waals surface area contributed by atoms with E-state index in [1.165, 1.54) is 10.7 Å². The molecule has 2 N–H and O–H groups in total. The highest BCUT2D eigenvalue weighted by atomic mass is 16.4. The zero-order valence-corrected chi connectivity index (χ0v) is 9.69. The van der Waals surface area contributed by atoms with Gasteiger partial charge < -0.3 is 10.4 Å². The molecule has 0 spiro atoms. The van der Waals surface area contributed by atoms with Crippen molar-refractivity contribution in [3.63, 3.8) is 0 Å². The summed E-state index contributed by atoms with van der Waals surface area (Å²) in [5.74, 6) is -0.799. The molecule has 0 bridgehead atoms. The van der Waals surface area contributed by atoms with Crippen molar-refractivity contribution < 1.29 is 9.90 Å². The van der Waals surface area contributed by atoms with E-state index in [4.69, 9.17) is 0 Å². The Hall–Kier alpha value is -2.96. The molecule has 0 fully saturated rings. The Morgan fingerprint density at radius 1 is 1.26 bits per heavy atom. The van der Waals surface area contributed by atoms with Gasteiger partial charge in [0.15, 0.2) is 11.5 Å². The van der Waals surface area contributed by atoms with Crippen LogP contribution in [-0.2, 0) is 0 Å². The van der Waals surface area contributed by atoms with E-state index >= 15 is 0 Å². The van der Waals surface area contributed by atoms with E-state index in [0.717, 1.165) is 0 Å².